The van der Waals surface area contributed by atoms with Gasteiger partial charge in [-0.3, -0.25) is 9.78 Å². The van der Waals surface area contributed by atoms with E-state index in [4.69, 9.17) is 5.11 Å². The Morgan fingerprint density at radius 1 is 1.45 bits per heavy atom. The van der Waals surface area contributed by atoms with E-state index in [-0.39, 0.29) is 17.4 Å². The first-order valence-corrected chi connectivity index (χ1v) is 9.21. The number of carboxylic acids is 1. The average Bonchev–Trinajstić information content (AvgIpc) is 2.90. The minimum absolute atomic E-state index is 0.0520. The Balaban J connectivity index is 2.14. The number of fused-ring (bicyclic) bond motifs is 1. The molecule has 0 bridgehead atoms. The van der Waals surface area contributed by atoms with Crippen LogP contribution < -0.4 is 4.72 Å². The zero-order valence-electron chi connectivity index (χ0n) is 12.3. The summed E-state index contributed by atoms with van der Waals surface area (Å²) in [5.74, 6) is -1.56. The van der Waals surface area contributed by atoms with E-state index >= 15 is 0 Å². The molecular formula is C14H18N2O4S2. The lowest BCUT2D eigenvalue weighted by Crippen LogP contribution is -2.33. The smallest absolute Gasteiger partial charge is 0.307 e. The van der Waals surface area contributed by atoms with Gasteiger partial charge in [0, 0.05) is 12.7 Å². The van der Waals surface area contributed by atoms with Gasteiger partial charge in [0.15, 0.2) is 0 Å². The maximum Gasteiger partial charge on any atom is 0.307 e. The fraction of sp³-hybridized carbons (Fsp3) is 0.429. The van der Waals surface area contributed by atoms with Crippen molar-refractivity contribution >= 4 is 37.5 Å². The maximum atomic E-state index is 12.3. The number of hydrogen-bond acceptors (Lipinski definition) is 5. The van der Waals surface area contributed by atoms with Crippen LogP contribution in [0.25, 0.3) is 10.2 Å². The molecule has 1 unspecified atom stereocenters. The first kappa shape index (κ1) is 16.9. The van der Waals surface area contributed by atoms with Crippen LogP contribution in [0.3, 0.4) is 0 Å². The summed E-state index contributed by atoms with van der Waals surface area (Å²) in [6, 6.07) is 3.36. The highest BCUT2D eigenvalue weighted by molar-refractivity contribution is 7.89. The highest BCUT2D eigenvalue weighted by Crippen LogP contribution is 2.22. The molecule has 0 saturated carbocycles. The number of nitrogens with zero attached hydrogens (tertiary/aromatic N) is 1. The fourth-order valence-electron chi connectivity index (χ4n) is 2.11. The van der Waals surface area contributed by atoms with Gasteiger partial charge in [0.1, 0.15) is 4.90 Å². The molecule has 0 aliphatic heterocycles. The first-order chi connectivity index (χ1) is 10.3. The number of pyridine rings is 1. The number of sulfonamides is 1. The summed E-state index contributed by atoms with van der Waals surface area (Å²) in [5.41, 5.74) is 0.743. The Labute approximate surface area is 133 Å². The summed E-state index contributed by atoms with van der Waals surface area (Å²) in [7, 11) is -3.76. The van der Waals surface area contributed by atoms with Crippen LogP contribution in [0, 0.1) is 11.8 Å². The van der Waals surface area contributed by atoms with Gasteiger partial charge in [0.25, 0.3) is 0 Å². The molecule has 0 amide bonds. The van der Waals surface area contributed by atoms with E-state index in [0.29, 0.717) is 6.42 Å². The number of nitrogens with one attached hydrogen (secondary N) is 1. The second-order valence-electron chi connectivity index (χ2n) is 5.49. The zero-order chi connectivity index (χ0) is 16.3. The normalized spacial score (nSPS) is 13.6. The largest absolute Gasteiger partial charge is 0.481 e. The van der Waals surface area contributed by atoms with Gasteiger partial charge in [-0.05, 0) is 29.9 Å². The summed E-state index contributed by atoms with van der Waals surface area (Å²) in [4.78, 5) is 15.3. The van der Waals surface area contributed by atoms with Crippen LogP contribution in [0.1, 0.15) is 20.3 Å². The predicted octanol–water partition coefficient (Wildman–Crippen LogP) is 2.32. The number of rotatable bonds is 7. The lowest BCUT2D eigenvalue weighted by Gasteiger charge is -2.15. The Bertz CT molecular complexity index is 768. The average molecular weight is 342 g/mol. The summed E-state index contributed by atoms with van der Waals surface area (Å²) >= 11 is 1.41. The second kappa shape index (κ2) is 6.72. The third-order valence-electron chi connectivity index (χ3n) is 3.21. The van der Waals surface area contributed by atoms with Crippen molar-refractivity contribution in [3.8, 4) is 0 Å². The van der Waals surface area contributed by atoms with E-state index in [1.54, 1.807) is 6.07 Å². The summed E-state index contributed by atoms with van der Waals surface area (Å²) in [6.45, 7) is 3.68. The molecule has 0 aliphatic carbocycles. The van der Waals surface area contributed by atoms with Gasteiger partial charge in [-0.15, -0.1) is 11.3 Å². The lowest BCUT2D eigenvalue weighted by molar-refractivity contribution is -0.142. The van der Waals surface area contributed by atoms with Crippen LogP contribution >= 0.6 is 11.3 Å². The van der Waals surface area contributed by atoms with Crippen LogP contribution in [-0.2, 0) is 14.8 Å². The minimum atomic E-state index is -3.76. The van der Waals surface area contributed by atoms with Gasteiger partial charge >= 0.3 is 5.97 Å². The molecule has 120 valence electrons. The minimum Gasteiger partial charge on any atom is -0.481 e. The standard InChI is InChI=1S/C14H18N2O4S2/c1-9(2)5-10(14(17)18)7-16-22(19,20)11-6-13-12(15-8-11)3-4-21-13/h3-4,6,8-10,16H,5,7H2,1-2H3,(H,17,18). The summed E-state index contributed by atoms with van der Waals surface area (Å²) in [5, 5.41) is 11.0. The molecule has 0 aromatic carbocycles. The van der Waals surface area contributed by atoms with Crippen molar-refractivity contribution in [3.63, 3.8) is 0 Å². The van der Waals surface area contributed by atoms with Crippen LogP contribution in [0.15, 0.2) is 28.6 Å². The molecule has 22 heavy (non-hydrogen) atoms. The number of carboxylic acid groups (broad SMARTS) is 1. The van der Waals surface area contributed by atoms with Crippen molar-refractivity contribution in [2.45, 2.75) is 25.2 Å². The van der Waals surface area contributed by atoms with Crippen LogP contribution in [-0.4, -0.2) is 31.0 Å². The quantitative estimate of drug-likeness (QED) is 0.805. The van der Waals surface area contributed by atoms with Crippen molar-refractivity contribution in [2.75, 3.05) is 6.54 Å². The van der Waals surface area contributed by atoms with Gasteiger partial charge in [0.05, 0.1) is 16.1 Å². The van der Waals surface area contributed by atoms with E-state index in [2.05, 4.69) is 9.71 Å². The van der Waals surface area contributed by atoms with Crippen LogP contribution in [0.2, 0.25) is 0 Å². The number of aliphatic carboxylic acids is 1. The second-order valence-corrected chi connectivity index (χ2v) is 8.21. The molecule has 2 aromatic rings. The third kappa shape index (κ3) is 4.02. The van der Waals surface area contributed by atoms with Gasteiger partial charge in [0.2, 0.25) is 10.0 Å². The van der Waals surface area contributed by atoms with Gasteiger partial charge in [-0.2, -0.15) is 0 Å². The Morgan fingerprint density at radius 3 is 2.82 bits per heavy atom. The Hall–Kier alpha value is -1.51. The molecule has 0 spiro atoms. The lowest BCUT2D eigenvalue weighted by atomic mass is 9.98. The van der Waals surface area contributed by atoms with Gasteiger partial charge in [-0.25, -0.2) is 13.1 Å². The third-order valence-corrected chi connectivity index (χ3v) is 5.46. The predicted molar refractivity (Wildman–Crippen MR) is 85.4 cm³/mol. The molecule has 8 heteroatoms. The van der Waals surface area contributed by atoms with E-state index < -0.39 is 21.9 Å². The first-order valence-electron chi connectivity index (χ1n) is 6.85. The molecule has 0 radical (unpaired) electrons. The maximum absolute atomic E-state index is 12.3. The molecule has 0 saturated heterocycles. The highest BCUT2D eigenvalue weighted by Gasteiger charge is 2.23. The van der Waals surface area contributed by atoms with E-state index in [1.807, 2.05) is 25.3 Å². The topological polar surface area (TPSA) is 96.4 Å². The van der Waals surface area contributed by atoms with Gasteiger partial charge < -0.3 is 5.11 Å². The number of aromatic nitrogens is 1. The number of hydrogen-bond donors (Lipinski definition) is 2. The molecule has 2 rings (SSSR count). The molecule has 2 N–H and O–H groups in total. The molecule has 0 fully saturated rings. The Morgan fingerprint density at radius 2 is 2.18 bits per heavy atom. The zero-order valence-corrected chi connectivity index (χ0v) is 13.9. The van der Waals surface area contributed by atoms with Crippen molar-refractivity contribution < 1.29 is 18.3 Å². The molecule has 2 aromatic heterocycles. The van der Waals surface area contributed by atoms with Crippen LogP contribution in [0.5, 0.6) is 0 Å². The number of thiophene rings is 1. The van der Waals surface area contributed by atoms with Crippen molar-refractivity contribution in [2.24, 2.45) is 11.8 Å². The monoisotopic (exact) mass is 342 g/mol. The van der Waals surface area contributed by atoms with E-state index in [9.17, 15) is 13.2 Å². The molecule has 0 aliphatic rings. The van der Waals surface area contributed by atoms with Crippen LogP contribution in [0.4, 0.5) is 0 Å². The van der Waals surface area contributed by atoms with E-state index in [0.717, 1.165) is 10.2 Å². The van der Waals surface area contributed by atoms with Gasteiger partial charge in [-0.1, -0.05) is 13.8 Å². The van der Waals surface area contributed by atoms with Crippen molar-refractivity contribution in [1.29, 1.82) is 0 Å². The van der Waals surface area contributed by atoms with Crippen molar-refractivity contribution in [3.05, 3.63) is 23.7 Å². The van der Waals surface area contributed by atoms with E-state index in [1.165, 1.54) is 17.5 Å². The Kier molecular flexibility index (Phi) is 5.15. The molecule has 1 atom stereocenters. The molecule has 6 nitrogen and oxygen atoms in total. The summed E-state index contributed by atoms with van der Waals surface area (Å²) < 4.78 is 27.7. The molecular weight excluding hydrogens is 324 g/mol. The number of carbonyl (C=O) groups is 1. The summed E-state index contributed by atoms with van der Waals surface area (Å²) in [6.07, 6.45) is 1.70. The fourth-order valence-corrected chi connectivity index (χ4v) is 4.02. The highest BCUT2D eigenvalue weighted by atomic mass is 32.2. The SMILES string of the molecule is CC(C)CC(CNS(=O)(=O)c1cnc2ccsc2c1)C(=O)O. The van der Waals surface area contributed by atoms with Crippen molar-refractivity contribution in [1.82, 2.24) is 9.71 Å². The molecule has 2 heterocycles.